The number of nitrogens with one attached hydrogen (secondary N) is 1. The molecule has 1 aliphatic heterocycles. The highest BCUT2D eigenvalue weighted by Gasteiger charge is 2.24. The average Bonchev–Trinajstić information content (AvgIpc) is 2.12. The SMILES string of the molecule is CCN1C(=O)CNC1C. The lowest BCUT2D eigenvalue weighted by Crippen LogP contribution is -2.34. The molecule has 1 saturated heterocycles. The zero-order valence-corrected chi connectivity index (χ0v) is 5.85. The van der Waals surface area contributed by atoms with Crippen molar-refractivity contribution >= 4 is 5.91 Å². The number of rotatable bonds is 1. The first-order valence-electron chi connectivity index (χ1n) is 3.28. The van der Waals surface area contributed by atoms with Gasteiger partial charge in [-0.25, -0.2) is 0 Å². The second-order valence-electron chi connectivity index (χ2n) is 2.24. The van der Waals surface area contributed by atoms with Gasteiger partial charge in [-0.3, -0.25) is 10.1 Å². The monoisotopic (exact) mass is 128 g/mol. The number of hydrogen-bond donors (Lipinski definition) is 1. The first-order valence-corrected chi connectivity index (χ1v) is 3.28. The van der Waals surface area contributed by atoms with Crippen molar-refractivity contribution in [3.05, 3.63) is 0 Å². The summed E-state index contributed by atoms with van der Waals surface area (Å²) >= 11 is 0. The van der Waals surface area contributed by atoms with E-state index in [-0.39, 0.29) is 12.1 Å². The van der Waals surface area contributed by atoms with Gasteiger partial charge in [-0.15, -0.1) is 0 Å². The van der Waals surface area contributed by atoms with Gasteiger partial charge < -0.3 is 4.90 Å². The van der Waals surface area contributed by atoms with E-state index in [1.807, 2.05) is 18.7 Å². The average molecular weight is 128 g/mol. The van der Waals surface area contributed by atoms with Crippen molar-refractivity contribution in [1.82, 2.24) is 10.2 Å². The first-order chi connectivity index (χ1) is 4.25. The number of nitrogens with zero attached hydrogens (tertiary/aromatic N) is 1. The van der Waals surface area contributed by atoms with E-state index in [1.54, 1.807) is 0 Å². The van der Waals surface area contributed by atoms with Crippen molar-refractivity contribution in [3.63, 3.8) is 0 Å². The van der Waals surface area contributed by atoms with E-state index in [9.17, 15) is 4.79 Å². The quantitative estimate of drug-likeness (QED) is 0.529. The highest BCUT2D eigenvalue weighted by atomic mass is 16.2. The van der Waals surface area contributed by atoms with Crippen molar-refractivity contribution in [2.45, 2.75) is 20.0 Å². The molecule has 9 heavy (non-hydrogen) atoms. The van der Waals surface area contributed by atoms with Crippen LogP contribution < -0.4 is 5.32 Å². The third-order valence-electron chi connectivity index (χ3n) is 1.68. The van der Waals surface area contributed by atoms with Gasteiger partial charge in [0.2, 0.25) is 5.91 Å². The van der Waals surface area contributed by atoms with Crippen LogP contribution in [-0.2, 0) is 4.79 Å². The lowest BCUT2D eigenvalue weighted by Gasteiger charge is -2.17. The molecule has 1 unspecified atom stereocenters. The van der Waals surface area contributed by atoms with E-state index in [0.717, 1.165) is 6.54 Å². The molecule has 0 aromatic carbocycles. The van der Waals surface area contributed by atoms with Crippen LogP contribution in [0.3, 0.4) is 0 Å². The van der Waals surface area contributed by atoms with E-state index < -0.39 is 0 Å². The van der Waals surface area contributed by atoms with Gasteiger partial charge in [0.05, 0.1) is 12.7 Å². The fourth-order valence-corrected chi connectivity index (χ4v) is 1.11. The highest BCUT2D eigenvalue weighted by molar-refractivity contribution is 5.80. The third kappa shape index (κ3) is 1.05. The van der Waals surface area contributed by atoms with Crippen LogP contribution in [-0.4, -0.2) is 30.1 Å². The lowest BCUT2D eigenvalue weighted by molar-refractivity contribution is -0.127. The molecule has 1 rings (SSSR count). The molecule has 0 radical (unpaired) electrons. The molecule has 1 N–H and O–H groups in total. The predicted octanol–water partition coefficient (Wildman–Crippen LogP) is -0.216. The number of likely N-dealkylation sites (N-methyl/N-ethyl adjacent to an activating group) is 1. The molecular weight excluding hydrogens is 116 g/mol. The van der Waals surface area contributed by atoms with Gasteiger partial charge in [0.25, 0.3) is 0 Å². The largest absolute Gasteiger partial charge is 0.327 e. The molecule has 52 valence electrons. The Kier molecular flexibility index (Phi) is 1.71. The van der Waals surface area contributed by atoms with Gasteiger partial charge >= 0.3 is 0 Å². The molecule has 1 fully saturated rings. The summed E-state index contributed by atoms with van der Waals surface area (Å²) in [6.07, 6.45) is 0.238. The number of carbonyl (C=O) groups excluding carboxylic acids is 1. The highest BCUT2D eigenvalue weighted by Crippen LogP contribution is 2.01. The van der Waals surface area contributed by atoms with E-state index in [0.29, 0.717) is 6.54 Å². The molecule has 0 aromatic rings. The number of amides is 1. The van der Waals surface area contributed by atoms with E-state index >= 15 is 0 Å². The summed E-state index contributed by atoms with van der Waals surface area (Å²) < 4.78 is 0. The van der Waals surface area contributed by atoms with Gasteiger partial charge in [-0.1, -0.05) is 0 Å². The molecule has 3 heteroatoms. The standard InChI is InChI=1S/C6H12N2O/c1-3-8-5(2)7-4-6(8)9/h5,7H,3-4H2,1-2H3. The van der Waals surface area contributed by atoms with Gasteiger partial charge in [0.1, 0.15) is 0 Å². The maximum absolute atomic E-state index is 10.9. The molecule has 0 aliphatic carbocycles. The van der Waals surface area contributed by atoms with Crippen LogP contribution in [0.5, 0.6) is 0 Å². The molecule has 0 saturated carbocycles. The topological polar surface area (TPSA) is 32.3 Å². The van der Waals surface area contributed by atoms with Gasteiger partial charge in [-0.2, -0.15) is 0 Å². The lowest BCUT2D eigenvalue weighted by atomic mass is 10.5. The normalized spacial score (nSPS) is 27.6. The molecule has 1 heterocycles. The van der Waals surface area contributed by atoms with E-state index in [4.69, 9.17) is 0 Å². The summed E-state index contributed by atoms with van der Waals surface area (Å²) in [5.41, 5.74) is 0. The Hall–Kier alpha value is -0.570. The van der Waals surface area contributed by atoms with Crippen LogP contribution in [0, 0.1) is 0 Å². The summed E-state index contributed by atoms with van der Waals surface area (Å²) in [4.78, 5) is 12.7. The second-order valence-corrected chi connectivity index (χ2v) is 2.24. The van der Waals surface area contributed by atoms with Crippen molar-refractivity contribution in [3.8, 4) is 0 Å². The first kappa shape index (κ1) is 6.55. The molecule has 0 bridgehead atoms. The Morgan fingerprint density at radius 3 is 2.78 bits per heavy atom. The maximum atomic E-state index is 10.9. The summed E-state index contributed by atoms with van der Waals surface area (Å²) in [6.45, 7) is 5.30. The third-order valence-corrected chi connectivity index (χ3v) is 1.68. The Morgan fingerprint density at radius 2 is 2.56 bits per heavy atom. The minimum Gasteiger partial charge on any atom is -0.327 e. The van der Waals surface area contributed by atoms with Crippen molar-refractivity contribution in [2.24, 2.45) is 0 Å². The fraction of sp³-hybridized carbons (Fsp3) is 0.833. The molecule has 1 atom stereocenters. The van der Waals surface area contributed by atoms with Crippen LogP contribution >= 0.6 is 0 Å². The van der Waals surface area contributed by atoms with Crippen molar-refractivity contribution < 1.29 is 4.79 Å². The Bertz CT molecular complexity index is 124. The fourth-order valence-electron chi connectivity index (χ4n) is 1.11. The van der Waals surface area contributed by atoms with Crippen molar-refractivity contribution in [1.29, 1.82) is 0 Å². The Morgan fingerprint density at radius 1 is 1.89 bits per heavy atom. The smallest absolute Gasteiger partial charge is 0.237 e. The Balaban J connectivity index is 2.55. The molecule has 3 nitrogen and oxygen atoms in total. The minimum atomic E-state index is 0.213. The Labute approximate surface area is 55.0 Å². The number of carbonyl (C=O) groups is 1. The van der Waals surface area contributed by atoms with Gasteiger partial charge in [0, 0.05) is 6.54 Å². The summed E-state index contributed by atoms with van der Waals surface area (Å²) in [5.74, 6) is 0.213. The predicted molar refractivity (Wildman–Crippen MR) is 34.9 cm³/mol. The minimum absolute atomic E-state index is 0.213. The summed E-state index contributed by atoms with van der Waals surface area (Å²) in [7, 11) is 0. The van der Waals surface area contributed by atoms with Gasteiger partial charge in [-0.05, 0) is 13.8 Å². The van der Waals surface area contributed by atoms with Crippen LogP contribution in [0.4, 0.5) is 0 Å². The van der Waals surface area contributed by atoms with Crippen LogP contribution in [0.1, 0.15) is 13.8 Å². The maximum Gasteiger partial charge on any atom is 0.237 e. The summed E-state index contributed by atoms with van der Waals surface area (Å²) in [6, 6.07) is 0. The number of hydrogen-bond acceptors (Lipinski definition) is 2. The molecule has 1 aliphatic rings. The van der Waals surface area contributed by atoms with Gasteiger partial charge in [0.15, 0.2) is 0 Å². The van der Waals surface area contributed by atoms with E-state index in [1.165, 1.54) is 0 Å². The summed E-state index contributed by atoms with van der Waals surface area (Å²) in [5, 5.41) is 3.05. The van der Waals surface area contributed by atoms with Crippen molar-refractivity contribution in [2.75, 3.05) is 13.1 Å². The molecule has 0 aromatic heterocycles. The molecular formula is C6H12N2O. The van der Waals surface area contributed by atoms with Crippen LogP contribution in [0.15, 0.2) is 0 Å². The van der Waals surface area contributed by atoms with Crippen LogP contribution in [0.25, 0.3) is 0 Å². The van der Waals surface area contributed by atoms with E-state index in [2.05, 4.69) is 5.32 Å². The second kappa shape index (κ2) is 2.35. The molecule has 0 spiro atoms. The zero-order chi connectivity index (χ0) is 6.85. The molecule has 1 amide bonds. The van der Waals surface area contributed by atoms with Crippen LogP contribution in [0.2, 0.25) is 0 Å². The zero-order valence-electron chi connectivity index (χ0n) is 5.85.